The van der Waals surface area contributed by atoms with Crippen LogP contribution in [0.15, 0.2) is 34.6 Å². The van der Waals surface area contributed by atoms with Crippen LogP contribution in [0.25, 0.3) is 0 Å². The summed E-state index contributed by atoms with van der Waals surface area (Å²) in [6.07, 6.45) is 3.17. The molecule has 1 aliphatic heterocycles. The number of thioether (sulfide) groups is 1. The number of Topliss-reactive ketones (excluding diaryl/α,β-unsaturated/α-hetero) is 1. The predicted octanol–water partition coefficient (Wildman–Crippen LogP) is 3.76. The summed E-state index contributed by atoms with van der Waals surface area (Å²) in [7, 11) is 0. The number of hydrogen-bond acceptors (Lipinski definition) is 7. The van der Waals surface area contributed by atoms with Crippen LogP contribution in [-0.2, 0) is 4.79 Å². The molecule has 2 N–H and O–H groups in total. The fourth-order valence-electron chi connectivity index (χ4n) is 3.96. The number of hydrogen-bond donors (Lipinski definition) is 2. The van der Waals surface area contributed by atoms with E-state index in [1.807, 2.05) is 19.2 Å². The average Bonchev–Trinajstić information content (AvgIpc) is 3.04. The van der Waals surface area contributed by atoms with Crippen LogP contribution in [0, 0.1) is 5.41 Å². The molecule has 8 heteroatoms. The Hall–Kier alpha value is -2.48. The van der Waals surface area contributed by atoms with E-state index in [0.29, 0.717) is 29.9 Å². The van der Waals surface area contributed by atoms with Crippen molar-refractivity contribution in [3.63, 3.8) is 0 Å². The summed E-state index contributed by atoms with van der Waals surface area (Å²) < 4.78 is 7.33. The first kappa shape index (κ1) is 18.9. The zero-order valence-electron chi connectivity index (χ0n) is 16.4. The quantitative estimate of drug-likeness (QED) is 0.755. The smallest absolute Gasteiger partial charge is 0.227 e. The van der Waals surface area contributed by atoms with E-state index < -0.39 is 6.04 Å². The number of phenolic OH excluding ortho intramolecular Hbond substituents is 1. The minimum atomic E-state index is -0.400. The highest BCUT2D eigenvalue weighted by molar-refractivity contribution is 7.98. The van der Waals surface area contributed by atoms with Gasteiger partial charge in [0.05, 0.1) is 6.61 Å². The van der Waals surface area contributed by atoms with Gasteiger partial charge in [-0.05, 0) is 42.7 Å². The van der Waals surface area contributed by atoms with Gasteiger partial charge < -0.3 is 15.2 Å². The highest BCUT2D eigenvalue weighted by Crippen LogP contribution is 2.46. The maximum atomic E-state index is 13.1. The molecule has 2 aliphatic rings. The van der Waals surface area contributed by atoms with Crippen molar-refractivity contribution in [1.29, 1.82) is 0 Å². The molecule has 2 heterocycles. The molecular weight excluding hydrogens is 376 g/mol. The number of benzene rings is 1. The largest absolute Gasteiger partial charge is 0.504 e. The van der Waals surface area contributed by atoms with Crippen LogP contribution in [-0.4, -0.2) is 38.5 Å². The Morgan fingerprint density at radius 1 is 1.39 bits per heavy atom. The summed E-state index contributed by atoms with van der Waals surface area (Å²) in [6, 6.07) is 4.81. The van der Waals surface area contributed by atoms with Gasteiger partial charge in [-0.3, -0.25) is 4.79 Å². The summed E-state index contributed by atoms with van der Waals surface area (Å²) in [5.41, 5.74) is 2.35. The lowest BCUT2D eigenvalue weighted by Gasteiger charge is -2.38. The van der Waals surface area contributed by atoms with Gasteiger partial charge in [-0.1, -0.05) is 31.7 Å². The lowest BCUT2D eigenvalue weighted by molar-refractivity contribution is -0.118. The van der Waals surface area contributed by atoms with Crippen molar-refractivity contribution in [2.45, 2.75) is 44.8 Å². The SMILES string of the molecule is CCOc1cc(C2C3=C(CC(C)(C)CC3=O)Nc3nc(SC)nn32)ccc1O. The van der Waals surface area contributed by atoms with Crippen molar-refractivity contribution in [3.8, 4) is 11.5 Å². The second kappa shape index (κ2) is 6.84. The van der Waals surface area contributed by atoms with E-state index in [0.717, 1.165) is 23.3 Å². The normalized spacial score (nSPS) is 20.4. The molecule has 1 aliphatic carbocycles. The van der Waals surface area contributed by atoms with Crippen LogP contribution in [0.4, 0.5) is 5.95 Å². The van der Waals surface area contributed by atoms with Crippen LogP contribution in [0.2, 0.25) is 0 Å². The molecule has 1 aromatic carbocycles. The van der Waals surface area contributed by atoms with Crippen molar-refractivity contribution in [3.05, 3.63) is 35.0 Å². The summed E-state index contributed by atoms with van der Waals surface area (Å²) in [4.78, 5) is 17.7. The molecule has 1 aromatic heterocycles. The van der Waals surface area contributed by atoms with Gasteiger partial charge in [0.25, 0.3) is 0 Å². The van der Waals surface area contributed by atoms with Gasteiger partial charge in [-0.2, -0.15) is 4.98 Å². The standard InChI is InChI=1S/C20H24N4O3S/c1-5-27-15-8-11(6-7-13(15)25)17-16-12(9-20(2,3)10-14(16)26)21-18-22-19(28-4)23-24(17)18/h6-8,17,25H,5,9-10H2,1-4H3,(H,21,22,23). The van der Waals surface area contributed by atoms with Crippen molar-refractivity contribution in [2.24, 2.45) is 5.41 Å². The van der Waals surface area contributed by atoms with Gasteiger partial charge in [0.1, 0.15) is 6.04 Å². The molecular formula is C20H24N4O3S. The number of allylic oxidation sites excluding steroid dienone is 2. The molecule has 28 heavy (non-hydrogen) atoms. The Labute approximate surface area is 168 Å². The lowest BCUT2D eigenvalue weighted by Crippen LogP contribution is -2.36. The van der Waals surface area contributed by atoms with Crippen molar-refractivity contribution < 1.29 is 14.6 Å². The number of carbonyl (C=O) groups is 1. The van der Waals surface area contributed by atoms with E-state index in [9.17, 15) is 9.90 Å². The maximum Gasteiger partial charge on any atom is 0.227 e. The van der Waals surface area contributed by atoms with Gasteiger partial charge >= 0.3 is 0 Å². The third-order valence-electron chi connectivity index (χ3n) is 5.09. The highest BCUT2D eigenvalue weighted by atomic mass is 32.2. The Morgan fingerprint density at radius 2 is 2.18 bits per heavy atom. The number of aromatic nitrogens is 3. The van der Waals surface area contributed by atoms with E-state index in [-0.39, 0.29) is 16.9 Å². The Balaban J connectivity index is 1.89. The maximum absolute atomic E-state index is 13.1. The van der Waals surface area contributed by atoms with E-state index in [1.165, 1.54) is 11.8 Å². The number of carbonyl (C=O) groups excluding carboxylic acids is 1. The monoisotopic (exact) mass is 400 g/mol. The van der Waals surface area contributed by atoms with Crippen LogP contribution >= 0.6 is 11.8 Å². The van der Waals surface area contributed by atoms with Gasteiger partial charge in [-0.15, -0.1) is 5.10 Å². The van der Waals surface area contributed by atoms with Crippen molar-refractivity contribution in [2.75, 3.05) is 18.2 Å². The van der Waals surface area contributed by atoms with Crippen LogP contribution in [0.1, 0.15) is 45.2 Å². The molecule has 0 fully saturated rings. The third-order valence-corrected chi connectivity index (χ3v) is 5.63. The predicted molar refractivity (Wildman–Crippen MR) is 108 cm³/mol. The summed E-state index contributed by atoms with van der Waals surface area (Å²) in [5.74, 6) is 1.22. The van der Waals surface area contributed by atoms with Crippen LogP contribution < -0.4 is 10.1 Å². The lowest BCUT2D eigenvalue weighted by atomic mass is 9.73. The van der Waals surface area contributed by atoms with E-state index >= 15 is 0 Å². The molecule has 0 saturated heterocycles. The minimum absolute atomic E-state index is 0.0773. The first-order valence-electron chi connectivity index (χ1n) is 9.32. The molecule has 0 bridgehead atoms. The summed E-state index contributed by atoms with van der Waals surface area (Å²) >= 11 is 1.46. The van der Waals surface area contributed by atoms with Crippen molar-refractivity contribution in [1.82, 2.24) is 14.8 Å². The molecule has 1 atom stereocenters. The first-order chi connectivity index (χ1) is 13.3. The number of ketones is 1. The number of rotatable bonds is 4. The Bertz CT molecular complexity index is 980. The number of anilines is 1. The fraction of sp³-hybridized carbons (Fsp3) is 0.450. The zero-order valence-corrected chi connectivity index (χ0v) is 17.3. The highest BCUT2D eigenvalue weighted by Gasteiger charge is 2.42. The molecule has 2 aromatic rings. The molecule has 0 radical (unpaired) electrons. The summed E-state index contributed by atoms with van der Waals surface area (Å²) in [5, 5.41) is 18.7. The Morgan fingerprint density at radius 3 is 2.89 bits per heavy atom. The fourth-order valence-corrected chi connectivity index (χ4v) is 4.30. The van der Waals surface area contributed by atoms with Gasteiger partial charge in [0.15, 0.2) is 17.3 Å². The molecule has 148 valence electrons. The number of ether oxygens (including phenoxy) is 1. The first-order valence-corrected chi connectivity index (χ1v) is 10.5. The molecule has 0 spiro atoms. The van der Waals surface area contributed by atoms with E-state index in [1.54, 1.807) is 16.8 Å². The van der Waals surface area contributed by atoms with Gasteiger partial charge in [0.2, 0.25) is 11.1 Å². The number of nitrogens with one attached hydrogen (secondary N) is 1. The number of aromatic hydroxyl groups is 1. The number of phenols is 1. The topological polar surface area (TPSA) is 89.3 Å². The van der Waals surface area contributed by atoms with Gasteiger partial charge in [-0.25, -0.2) is 4.68 Å². The average molecular weight is 401 g/mol. The van der Waals surface area contributed by atoms with Crippen LogP contribution in [0.3, 0.4) is 0 Å². The van der Waals surface area contributed by atoms with Gasteiger partial charge in [0, 0.05) is 17.7 Å². The molecule has 1 unspecified atom stereocenters. The molecule has 0 amide bonds. The number of fused-ring (bicyclic) bond motifs is 1. The molecule has 4 rings (SSSR count). The molecule has 0 saturated carbocycles. The zero-order chi connectivity index (χ0) is 20.1. The van der Waals surface area contributed by atoms with Crippen molar-refractivity contribution >= 4 is 23.5 Å². The van der Waals surface area contributed by atoms with E-state index in [2.05, 4.69) is 29.2 Å². The second-order valence-corrected chi connectivity index (χ2v) is 8.66. The Kier molecular flexibility index (Phi) is 4.61. The van der Waals surface area contributed by atoms with Crippen LogP contribution in [0.5, 0.6) is 11.5 Å². The third kappa shape index (κ3) is 3.15. The number of nitrogens with zero attached hydrogens (tertiary/aromatic N) is 3. The second-order valence-electron chi connectivity index (χ2n) is 7.89. The molecule has 7 nitrogen and oxygen atoms in total. The minimum Gasteiger partial charge on any atom is -0.504 e. The summed E-state index contributed by atoms with van der Waals surface area (Å²) in [6.45, 7) is 6.51. The van der Waals surface area contributed by atoms with E-state index in [4.69, 9.17) is 4.74 Å².